The number of thiophene rings is 1. The summed E-state index contributed by atoms with van der Waals surface area (Å²) in [5.74, 6) is -0.0805. The Morgan fingerprint density at radius 1 is 1.67 bits per heavy atom. The second-order valence-corrected chi connectivity index (χ2v) is 5.86. The number of amides is 1. The molecule has 0 aromatic carbocycles. The molecule has 0 bridgehead atoms. The summed E-state index contributed by atoms with van der Waals surface area (Å²) >= 11 is 1.66. The Bertz CT molecular complexity index is 443. The molecule has 1 aliphatic carbocycles. The van der Waals surface area contributed by atoms with Gasteiger partial charge in [-0.3, -0.25) is 4.79 Å². The largest absolute Gasteiger partial charge is 0.347 e. The third-order valence-corrected chi connectivity index (χ3v) is 4.61. The van der Waals surface area contributed by atoms with E-state index < -0.39 is 5.41 Å². The molecule has 0 saturated heterocycles. The molecule has 1 aliphatic rings. The minimum absolute atomic E-state index is 0.0633. The van der Waals surface area contributed by atoms with E-state index in [-0.39, 0.29) is 11.9 Å². The first-order chi connectivity index (χ1) is 8.72. The van der Waals surface area contributed by atoms with Gasteiger partial charge in [0.25, 0.3) is 0 Å². The van der Waals surface area contributed by atoms with Crippen molar-refractivity contribution in [1.29, 1.82) is 5.26 Å². The van der Waals surface area contributed by atoms with Crippen LogP contribution in [0.4, 0.5) is 0 Å². The van der Waals surface area contributed by atoms with E-state index in [2.05, 4.69) is 18.3 Å². The first kappa shape index (κ1) is 13.1. The molecule has 0 aliphatic heterocycles. The number of nitrogens with one attached hydrogen (secondary N) is 1. The van der Waals surface area contributed by atoms with Crippen LogP contribution in [-0.4, -0.2) is 5.91 Å². The predicted molar refractivity (Wildman–Crippen MR) is 72.0 cm³/mol. The Labute approximate surface area is 112 Å². The maximum absolute atomic E-state index is 12.2. The maximum Gasteiger partial charge on any atom is 0.240 e. The van der Waals surface area contributed by atoms with Gasteiger partial charge in [0, 0.05) is 4.88 Å². The van der Waals surface area contributed by atoms with Crippen molar-refractivity contribution in [2.45, 2.75) is 45.1 Å². The zero-order valence-electron chi connectivity index (χ0n) is 10.6. The van der Waals surface area contributed by atoms with Crippen LogP contribution >= 0.6 is 11.3 Å². The van der Waals surface area contributed by atoms with Crippen LogP contribution in [0.15, 0.2) is 17.5 Å². The van der Waals surface area contributed by atoms with Gasteiger partial charge in [0.1, 0.15) is 5.41 Å². The quantitative estimate of drug-likeness (QED) is 0.884. The molecule has 1 heterocycles. The van der Waals surface area contributed by atoms with Gasteiger partial charge >= 0.3 is 0 Å². The Balaban J connectivity index is 2.06. The summed E-state index contributed by atoms with van der Waals surface area (Å²) in [5, 5.41) is 14.3. The summed E-state index contributed by atoms with van der Waals surface area (Å²) in [5.41, 5.74) is -0.747. The number of hydrogen-bond donors (Lipinski definition) is 1. The highest BCUT2D eigenvalue weighted by atomic mass is 32.1. The number of carbonyl (C=O) groups is 1. The number of hydrogen-bond acceptors (Lipinski definition) is 3. The van der Waals surface area contributed by atoms with E-state index in [0.29, 0.717) is 12.8 Å². The predicted octanol–water partition coefficient (Wildman–Crippen LogP) is 3.40. The third kappa shape index (κ3) is 2.41. The fourth-order valence-corrected chi connectivity index (χ4v) is 3.09. The van der Waals surface area contributed by atoms with Crippen molar-refractivity contribution >= 4 is 17.2 Å². The van der Waals surface area contributed by atoms with Crippen molar-refractivity contribution in [3.8, 4) is 6.07 Å². The van der Waals surface area contributed by atoms with Gasteiger partial charge < -0.3 is 5.32 Å². The van der Waals surface area contributed by atoms with E-state index in [1.165, 1.54) is 4.88 Å². The van der Waals surface area contributed by atoms with Crippen molar-refractivity contribution in [3.05, 3.63) is 22.4 Å². The van der Waals surface area contributed by atoms with E-state index in [1.54, 1.807) is 11.3 Å². The smallest absolute Gasteiger partial charge is 0.240 e. The van der Waals surface area contributed by atoms with Gasteiger partial charge in [-0.25, -0.2) is 0 Å². The normalized spacial score (nSPS) is 18.4. The van der Waals surface area contributed by atoms with E-state index in [9.17, 15) is 10.1 Å². The van der Waals surface area contributed by atoms with Crippen molar-refractivity contribution in [3.63, 3.8) is 0 Å². The lowest BCUT2D eigenvalue weighted by Gasteiger charge is -2.34. The van der Waals surface area contributed by atoms with Crippen LogP contribution in [-0.2, 0) is 4.79 Å². The van der Waals surface area contributed by atoms with Crippen LogP contribution in [0, 0.1) is 16.7 Å². The molecule has 1 aromatic rings. The minimum atomic E-state index is -0.747. The van der Waals surface area contributed by atoms with Crippen LogP contribution in [0.1, 0.15) is 49.9 Å². The number of carbonyl (C=O) groups excluding carboxylic acids is 1. The lowest BCUT2D eigenvalue weighted by molar-refractivity contribution is -0.132. The van der Waals surface area contributed by atoms with Crippen LogP contribution < -0.4 is 5.32 Å². The van der Waals surface area contributed by atoms with Crippen molar-refractivity contribution < 1.29 is 4.79 Å². The molecule has 4 heteroatoms. The number of nitriles is 1. The lowest BCUT2D eigenvalue weighted by atomic mass is 9.69. The topological polar surface area (TPSA) is 52.9 Å². The summed E-state index contributed by atoms with van der Waals surface area (Å²) in [6, 6.07) is 6.31. The van der Waals surface area contributed by atoms with E-state index in [4.69, 9.17) is 0 Å². The summed E-state index contributed by atoms with van der Waals surface area (Å²) in [6.07, 6.45) is 4.34. The van der Waals surface area contributed by atoms with Crippen LogP contribution in [0.3, 0.4) is 0 Å². The second kappa shape index (κ2) is 5.53. The van der Waals surface area contributed by atoms with Crippen LogP contribution in [0.2, 0.25) is 0 Å². The fraction of sp³-hybridized carbons (Fsp3) is 0.571. The highest BCUT2D eigenvalue weighted by Gasteiger charge is 2.45. The van der Waals surface area contributed by atoms with Crippen molar-refractivity contribution in [2.75, 3.05) is 0 Å². The average molecular weight is 262 g/mol. The van der Waals surface area contributed by atoms with Crippen LogP contribution in [0.25, 0.3) is 0 Å². The molecular formula is C14H18N2OS. The Morgan fingerprint density at radius 3 is 2.89 bits per heavy atom. The van der Waals surface area contributed by atoms with Gasteiger partial charge in [-0.05, 0) is 37.1 Å². The van der Waals surface area contributed by atoms with Crippen molar-refractivity contribution in [2.24, 2.45) is 5.41 Å². The maximum atomic E-state index is 12.2. The van der Waals surface area contributed by atoms with E-state index >= 15 is 0 Å². The zero-order valence-corrected chi connectivity index (χ0v) is 11.4. The molecule has 1 atom stereocenters. The highest BCUT2D eigenvalue weighted by molar-refractivity contribution is 7.10. The summed E-state index contributed by atoms with van der Waals surface area (Å²) in [7, 11) is 0. The van der Waals surface area contributed by atoms with E-state index in [1.807, 2.05) is 17.5 Å². The fourth-order valence-electron chi connectivity index (χ4n) is 2.28. The molecule has 96 valence electrons. The molecule has 0 spiro atoms. The van der Waals surface area contributed by atoms with E-state index in [0.717, 1.165) is 19.3 Å². The number of nitrogens with zero attached hydrogens (tertiary/aromatic N) is 1. The summed E-state index contributed by atoms with van der Waals surface area (Å²) in [4.78, 5) is 13.4. The first-order valence-corrected chi connectivity index (χ1v) is 7.35. The average Bonchev–Trinajstić information content (AvgIpc) is 2.81. The first-order valence-electron chi connectivity index (χ1n) is 6.47. The molecule has 1 N–H and O–H groups in total. The molecule has 0 radical (unpaired) electrons. The molecule has 2 rings (SSSR count). The van der Waals surface area contributed by atoms with Gasteiger partial charge in [0.15, 0.2) is 0 Å². The summed E-state index contributed by atoms with van der Waals surface area (Å²) in [6.45, 7) is 2.11. The Kier molecular flexibility index (Phi) is 4.03. The Hall–Kier alpha value is -1.34. The second-order valence-electron chi connectivity index (χ2n) is 4.88. The molecule has 1 amide bonds. The molecule has 3 nitrogen and oxygen atoms in total. The summed E-state index contributed by atoms with van der Waals surface area (Å²) < 4.78 is 0. The molecule has 18 heavy (non-hydrogen) atoms. The van der Waals surface area contributed by atoms with Gasteiger partial charge in [-0.15, -0.1) is 11.3 Å². The standard InChI is InChI=1S/C14H18N2OS/c1-2-5-11(12-6-3-9-18-12)16-13(17)14(10-15)7-4-8-14/h3,6,9,11H,2,4-5,7-8H2,1H3,(H,16,17). The molecule has 1 fully saturated rings. The molecular weight excluding hydrogens is 244 g/mol. The van der Waals surface area contributed by atoms with Gasteiger partial charge in [-0.1, -0.05) is 19.4 Å². The van der Waals surface area contributed by atoms with Crippen LogP contribution in [0.5, 0.6) is 0 Å². The minimum Gasteiger partial charge on any atom is -0.347 e. The van der Waals surface area contributed by atoms with Crippen molar-refractivity contribution in [1.82, 2.24) is 5.32 Å². The molecule has 1 aromatic heterocycles. The van der Waals surface area contributed by atoms with Gasteiger partial charge in [-0.2, -0.15) is 5.26 Å². The monoisotopic (exact) mass is 262 g/mol. The molecule has 1 unspecified atom stereocenters. The highest BCUT2D eigenvalue weighted by Crippen LogP contribution is 2.41. The molecule has 1 saturated carbocycles. The lowest BCUT2D eigenvalue weighted by Crippen LogP contribution is -2.45. The third-order valence-electron chi connectivity index (χ3n) is 3.63. The van der Waals surface area contributed by atoms with Gasteiger partial charge in [0.05, 0.1) is 12.1 Å². The zero-order chi connectivity index (χ0) is 13.0. The Morgan fingerprint density at radius 2 is 2.44 bits per heavy atom. The SMILES string of the molecule is CCCC(NC(=O)C1(C#N)CCC1)c1cccs1. The number of rotatable bonds is 5. The van der Waals surface area contributed by atoms with Gasteiger partial charge in [0.2, 0.25) is 5.91 Å².